The molecule has 128 valence electrons. The summed E-state index contributed by atoms with van der Waals surface area (Å²) < 4.78 is 2.04. The van der Waals surface area contributed by atoms with Gasteiger partial charge in [-0.2, -0.15) is 0 Å². The van der Waals surface area contributed by atoms with Gasteiger partial charge in [0, 0.05) is 17.0 Å². The van der Waals surface area contributed by atoms with Crippen LogP contribution in [0.4, 0.5) is 0 Å². The molecule has 2 aromatic rings. The molecule has 5 heteroatoms. The Morgan fingerprint density at radius 2 is 2.12 bits per heavy atom. The molecular weight excluding hydrogens is 320 g/mol. The van der Waals surface area contributed by atoms with Crippen molar-refractivity contribution in [3.63, 3.8) is 0 Å². The van der Waals surface area contributed by atoms with E-state index < -0.39 is 0 Å². The Bertz CT molecular complexity index is 714. The van der Waals surface area contributed by atoms with Crippen LogP contribution >= 0.6 is 11.6 Å². The van der Waals surface area contributed by atoms with Crippen molar-refractivity contribution in [2.45, 2.75) is 58.4 Å². The van der Waals surface area contributed by atoms with Crippen molar-refractivity contribution < 1.29 is 0 Å². The van der Waals surface area contributed by atoms with Crippen LogP contribution in [0.2, 0.25) is 5.02 Å². The molecule has 0 atom stereocenters. The summed E-state index contributed by atoms with van der Waals surface area (Å²) in [4.78, 5) is 9.41. The molecule has 0 aliphatic heterocycles. The summed E-state index contributed by atoms with van der Waals surface area (Å²) in [5.41, 5.74) is 5.49. The summed E-state index contributed by atoms with van der Waals surface area (Å²) in [6.07, 6.45) is 9.07. The van der Waals surface area contributed by atoms with E-state index in [1.165, 1.54) is 32.1 Å². The van der Waals surface area contributed by atoms with Crippen LogP contribution in [-0.4, -0.2) is 21.5 Å². The second-order valence-corrected chi connectivity index (χ2v) is 6.81. The van der Waals surface area contributed by atoms with E-state index in [-0.39, 0.29) is 0 Å². The van der Waals surface area contributed by atoms with Gasteiger partial charge in [-0.15, -0.1) is 0 Å². The predicted octanol–water partition coefficient (Wildman–Crippen LogP) is 5.06. The minimum absolute atomic E-state index is 0.453. The summed E-state index contributed by atoms with van der Waals surface area (Å²) in [6.45, 7) is 4.14. The molecule has 1 aromatic carbocycles. The van der Waals surface area contributed by atoms with Crippen LogP contribution < -0.4 is 5.43 Å². The molecule has 0 bridgehead atoms. The van der Waals surface area contributed by atoms with E-state index in [1.54, 1.807) is 0 Å². The summed E-state index contributed by atoms with van der Waals surface area (Å²) >= 11 is 6.15. The van der Waals surface area contributed by atoms with Crippen LogP contribution in [0.25, 0.3) is 11.3 Å². The number of aromatic nitrogens is 2. The maximum atomic E-state index is 6.15. The molecule has 0 spiro atoms. The lowest BCUT2D eigenvalue weighted by atomic mass is 9.96. The molecule has 0 radical (unpaired) electrons. The van der Waals surface area contributed by atoms with Crippen molar-refractivity contribution in [1.82, 2.24) is 9.66 Å². The molecular formula is C19H25ClN4. The van der Waals surface area contributed by atoms with Crippen LogP contribution in [-0.2, 0) is 6.42 Å². The molecule has 1 N–H and O–H groups in total. The van der Waals surface area contributed by atoms with Gasteiger partial charge >= 0.3 is 0 Å². The molecule has 1 saturated carbocycles. The third kappa shape index (κ3) is 3.99. The smallest absolute Gasteiger partial charge is 0.128 e. The third-order valence-electron chi connectivity index (χ3n) is 4.50. The maximum absolute atomic E-state index is 6.15. The Morgan fingerprint density at radius 3 is 2.83 bits per heavy atom. The molecule has 3 rings (SSSR count). The summed E-state index contributed by atoms with van der Waals surface area (Å²) in [6, 6.07) is 8.31. The highest BCUT2D eigenvalue weighted by atomic mass is 35.5. The molecule has 0 unspecified atom stereocenters. The van der Waals surface area contributed by atoms with Gasteiger partial charge < -0.3 is 0 Å². The fraction of sp³-hybridized carbons (Fsp3) is 0.474. The third-order valence-corrected chi connectivity index (χ3v) is 4.73. The number of benzene rings is 1. The fourth-order valence-electron chi connectivity index (χ4n) is 3.29. The average Bonchev–Trinajstić information content (AvgIpc) is 2.98. The van der Waals surface area contributed by atoms with Gasteiger partial charge in [0.1, 0.15) is 11.7 Å². The maximum Gasteiger partial charge on any atom is 0.128 e. The zero-order chi connectivity index (χ0) is 16.9. The van der Waals surface area contributed by atoms with Gasteiger partial charge in [0.15, 0.2) is 0 Å². The lowest BCUT2D eigenvalue weighted by Crippen LogP contribution is -2.25. The number of hydrogen-bond acceptors (Lipinski definition) is 2. The molecule has 0 saturated heterocycles. The monoisotopic (exact) mass is 344 g/mol. The average molecular weight is 345 g/mol. The Morgan fingerprint density at radius 1 is 1.33 bits per heavy atom. The minimum atomic E-state index is 0.453. The summed E-state index contributed by atoms with van der Waals surface area (Å²) in [5.74, 6) is 1.93. The van der Waals surface area contributed by atoms with E-state index in [2.05, 4.69) is 17.3 Å². The normalized spacial score (nSPS) is 16.4. The van der Waals surface area contributed by atoms with Gasteiger partial charge in [-0.25, -0.2) is 9.66 Å². The van der Waals surface area contributed by atoms with E-state index in [9.17, 15) is 0 Å². The van der Waals surface area contributed by atoms with Crippen LogP contribution in [0.1, 0.15) is 51.8 Å². The largest absolute Gasteiger partial charge is 0.280 e. The first-order chi connectivity index (χ1) is 11.7. The lowest BCUT2D eigenvalue weighted by Gasteiger charge is -2.20. The topological polar surface area (TPSA) is 42.2 Å². The first-order valence-corrected chi connectivity index (χ1v) is 9.19. The first kappa shape index (κ1) is 17.0. The fourth-order valence-corrected chi connectivity index (χ4v) is 3.48. The van der Waals surface area contributed by atoms with E-state index >= 15 is 0 Å². The number of rotatable bonds is 4. The minimum Gasteiger partial charge on any atom is -0.280 e. The SMILES string of the molecule is CCc1ncc(-c2cccc(Cl)c2)n1NC(C)=NC1CCCCC1. The number of imidazole rings is 1. The Kier molecular flexibility index (Phi) is 5.56. The van der Waals surface area contributed by atoms with Crippen LogP contribution in [0, 0.1) is 0 Å². The van der Waals surface area contributed by atoms with Gasteiger partial charge in [0.25, 0.3) is 0 Å². The highest BCUT2D eigenvalue weighted by Gasteiger charge is 2.14. The van der Waals surface area contributed by atoms with Crippen LogP contribution in [0.3, 0.4) is 0 Å². The molecule has 1 aliphatic carbocycles. The van der Waals surface area contributed by atoms with Crippen molar-refractivity contribution in [3.8, 4) is 11.3 Å². The highest BCUT2D eigenvalue weighted by molar-refractivity contribution is 6.30. The van der Waals surface area contributed by atoms with Crippen molar-refractivity contribution in [1.29, 1.82) is 0 Å². The van der Waals surface area contributed by atoms with Crippen molar-refractivity contribution in [2.75, 3.05) is 5.43 Å². The van der Waals surface area contributed by atoms with Crippen molar-refractivity contribution in [3.05, 3.63) is 41.3 Å². The van der Waals surface area contributed by atoms with Gasteiger partial charge in [-0.3, -0.25) is 10.4 Å². The standard InChI is InChI=1S/C19H25ClN4/c1-3-19-21-13-18(15-8-7-9-16(20)12-15)24(19)23-14(2)22-17-10-5-4-6-11-17/h7-9,12-13,17H,3-6,10-11H2,1-2H3,(H,22,23). The predicted molar refractivity (Wildman–Crippen MR) is 101 cm³/mol. The highest BCUT2D eigenvalue weighted by Crippen LogP contribution is 2.24. The summed E-state index contributed by atoms with van der Waals surface area (Å²) in [5, 5.41) is 0.728. The molecule has 1 aliphatic rings. The number of amidine groups is 1. The first-order valence-electron chi connectivity index (χ1n) is 8.81. The van der Waals surface area contributed by atoms with Crippen molar-refractivity contribution in [2.24, 2.45) is 4.99 Å². The number of aliphatic imine (C=N–C) groups is 1. The zero-order valence-corrected chi connectivity index (χ0v) is 15.2. The Balaban J connectivity index is 1.86. The number of hydrogen-bond donors (Lipinski definition) is 1. The molecule has 1 heterocycles. The van der Waals surface area contributed by atoms with Gasteiger partial charge in [0.2, 0.25) is 0 Å². The Hall–Kier alpha value is -1.81. The van der Waals surface area contributed by atoms with Gasteiger partial charge in [0.05, 0.1) is 17.9 Å². The molecule has 4 nitrogen and oxygen atoms in total. The van der Waals surface area contributed by atoms with Crippen LogP contribution in [0.15, 0.2) is 35.5 Å². The molecule has 24 heavy (non-hydrogen) atoms. The number of halogens is 1. The van der Waals surface area contributed by atoms with E-state index in [1.807, 2.05) is 42.1 Å². The van der Waals surface area contributed by atoms with E-state index in [0.717, 1.165) is 34.4 Å². The number of nitrogens with one attached hydrogen (secondary N) is 1. The van der Waals surface area contributed by atoms with E-state index in [0.29, 0.717) is 6.04 Å². The van der Waals surface area contributed by atoms with Crippen LogP contribution in [0.5, 0.6) is 0 Å². The van der Waals surface area contributed by atoms with Crippen molar-refractivity contribution >= 4 is 17.4 Å². The quantitative estimate of drug-likeness (QED) is 0.622. The second-order valence-electron chi connectivity index (χ2n) is 6.38. The van der Waals surface area contributed by atoms with Gasteiger partial charge in [-0.05, 0) is 31.9 Å². The van der Waals surface area contributed by atoms with Gasteiger partial charge in [-0.1, -0.05) is 49.9 Å². The second kappa shape index (κ2) is 7.84. The molecule has 1 aromatic heterocycles. The number of nitrogens with zero attached hydrogens (tertiary/aromatic N) is 3. The summed E-state index contributed by atoms with van der Waals surface area (Å²) in [7, 11) is 0. The number of aryl methyl sites for hydroxylation is 1. The van der Waals surface area contributed by atoms with E-state index in [4.69, 9.17) is 16.6 Å². The molecule has 0 amide bonds. The zero-order valence-electron chi connectivity index (χ0n) is 14.4. The molecule has 1 fully saturated rings. The lowest BCUT2D eigenvalue weighted by molar-refractivity contribution is 0.443. The Labute approximate surface area is 148 Å².